The molecule has 0 spiro atoms. The monoisotopic (exact) mass is 211 g/mol. The first-order valence-electron chi connectivity index (χ1n) is 4.94. The van der Waals surface area contributed by atoms with Crippen LogP contribution in [-0.4, -0.2) is 23.0 Å². The molecule has 0 rings (SSSR count). The van der Waals surface area contributed by atoms with Gasteiger partial charge in [0, 0.05) is 6.08 Å². The summed E-state index contributed by atoms with van der Waals surface area (Å²) in [6, 6.07) is -0.794. The lowest BCUT2D eigenvalue weighted by atomic mass is 10.1. The van der Waals surface area contributed by atoms with Crippen LogP contribution in [0, 0.1) is 0 Å². The van der Waals surface area contributed by atoms with Crippen LogP contribution in [0.3, 0.4) is 0 Å². The summed E-state index contributed by atoms with van der Waals surface area (Å²) in [6.07, 6.45) is 7.53. The van der Waals surface area contributed by atoms with E-state index >= 15 is 0 Å². The van der Waals surface area contributed by atoms with Crippen molar-refractivity contribution in [3.8, 4) is 0 Å². The molecule has 0 aromatic heterocycles. The average molecular weight is 211 g/mol. The lowest BCUT2D eigenvalue weighted by Crippen LogP contribution is -2.39. The van der Waals surface area contributed by atoms with E-state index in [4.69, 9.17) is 5.11 Å². The van der Waals surface area contributed by atoms with Gasteiger partial charge in [-0.3, -0.25) is 4.79 Å². The van der Waals surface area contributed by atoms with Gasteiger partial charge in [0.25, 0.3) is 0 Å². The summed E-state index contributed by atoms with van der Waals surface area (Å²) >= 11 is 0. The van der Waals surface area contributed by atoms with Crippen LogP contribution in [0.15, 0.2) is 24.3 Å². The summed E-state index contributed by atoms with van der Waals surface area (Å²) in [5.74, 6) is -1.38. The third-order valence-electron chi connectivity index (χ3n) is 1.74. The highest BCUT2D eigenvalue weighted by molar-refractivity contribution is 5.91. The van der Waals surface area contributed by atoms with Gasteiger partial charge in [0.15, 0.2) is 0 Å². The van der Waals surface area contributed by atoms with E-state index in [1.54, 1.807) is 18.2 Å². The molecule has 1 amide bonds. The van der Waals surface area contributed by atoms with Crippen LogP contribution in [-0.2, 0) is 9.59 Å². The molecule has 0 aromatic carbocycles. The van der Waals surface area contributed by atoms with Crippen molar-refractivity contribution in [1.29, 1.82) is 0 Å². The Balaban J connectivity index is 4.16. The molecule has 2 N–H and O–H groups in total. The van der Waals surface area contributed by atoms with Crippen LogP contribution in [0.4, 0.5) is 0 Å². The van der Waals surface area contributed by atoms with Crippen molar-refractivity contribution in [2.75, 3.05) is 0 Å². The molecular weight excluding hydrogens is 194 g/mol. The number of hydrogen-bond acceptors (Lipinski definition) is 2. The Morgan fingerprint density at radius 2 is 2.07 bits per heavy atom. The number of carbonyl (C=O) groups is 2. The Labute approximate surface area is 89.7 Å². The van der Waals surface area contributed by atoms with E-state index in [-0.39, 0.29) is 5.91 Å². The smallest absolute Gasteiger partial charge is 0.326 e. The maximum atomic E-state index is 11.2. The van der Waals surface area contributed by atoms with E-state index in [0.717, 1.165) is 6.42 Å². The molecule has 0 aromatic rings. The van der Waals surface area contributed by atoms with E-state index in [1.807, 2.05) is 13.8 Å². The Kier molecular flexibility index (Phi) is 6.97. The lowest BCUT2D eigenvalue weighted by molar-refractivity contribution is -0.141. The molecule has 0 saturated heterocycles. The van der Waals surface area contributed by atoms with Gasteiger partial charge in [-0.2, -0.15) is 0 Å². The Morgan fingerprint density at radius 3 is 2.53 bits per heavy atom. The number of aliphatic carboxylic acids is 1. The van der Waals surface area contributed by atoms with Gasteiger partial charge in [0.1, 0.15) is 6.04 Å². The van der Waals surface area contributed by atoms with Gasteiger partial charge in [0.05, 0.1) is 0 Å². The van der Waals surface area contributed by atoms with Gasteiger partial charge in [-0.25, -0.2) is 4.79 Å². The molecule has 84 valence electrons. The second-order valence-electron chi connectivity index (χ2n) is 3.07. The van der Waals surface area contributed by atoms with Crippen LogP contribution in [0.25, 0.3) is 0 Å². The highest BCUT2D eigenvalue weighted by Gasteiger charge is 2.16. The number of allylic oxidation sites excluding steroid dienone is 3. The normalized spacial score (nSPS) is 13.2. The molecule has 1 atom stereocenters. The first-order valence-corrected chi connectivity index (χ1v) is 4.94. The number of amides is 1. The topological polar surface area (TPSA) is 66.4 Å². The van der Waals surface area contributed by atoms with E-state index in [1.165, 1.54) is 6.08 Å². The van der Waals surface area contributed by atoms with Crippen molar-refractivity contribution in [1.82, 2.24) is 5.32 Å². The number of rotatable bonds is 6. The Bertz CT molecular complexity index is 269. The summed E-state index contributed by atoms with van der Waals surface area (Å²) in [4.78, 5) is 21.9. The molecule has 0 saturated carbocycles. The van der Waals surface area contributed by atoms with Gasteiger partial charge in [-0.1, -0.05) is 31.6 Å². The van der Waals surface area contributed by atoms with Crippen molar-refractivity contribution in [2.45, 2.75) is 32.7 Å². The molecule has 4 nitrogen and oxygen atoms in total. The quantitative estimate of drug-likeness (QED) is 0.516. The van der Waals surface area contributed by atoms with Gasteiger partial charge in [-0.15, -0.1) is 0 Å². The van der Waals surface area contributed by atoms with Crippen molar-refractivity contribution >= 4 is 11.9 Å². The fourth-order valence-electron chi connectivity index (χ4n) is 1.02. The summed E-state index contributed by atoms with van der Waals surface area (Å²) in [5, 5.41) is 11.2. The molecule has 0 unspecified atom stereocenters. The molecule has 0 fully saturated rings. The van der Waals surface area contributed by atoms with E-state index in [9.17, 15) is 9.59 Å². The fraction of sp³-hybridized carbons (Fsp3) is 0.455. The van der Waals surface area contributed by atoms with Gasteiger partial charge in [-0.05, 0) is 13.3 Å². The second kappa shape index (κ2) is 7.79. The van der Waals surface area contributed by atoms with E-state index < -0.39 is 12.0 Å². The minimum atomic E-state index is -0.996. The lowest BCUT2D eigenvalue weighted by Gasteiger charge is -2.11. The molecule has 0 heterocycles. The average Bonchev–Trinajstić information content (AvgIpc) is 2.17. The zero-order valence-electron chi connectivity index (χ0n) is 9.06. The first-order chi connectivity index (χ1) is 7.11. The SMILES string of the molecule is CC=C/C=C/C(=O)N[C@H](CCC)C(=O)O. The van der Waals surface area contributed by atoms with Crippen molar-refractivity contribution in [2.24, 2.45) is 0 Å². The minimum absolute atomic E-state index is 0.381. The molecule has 0 radical (unpaired) electrons. The number of carbonyl (C=O) groups excluding carboxylic acids is 1. The fourth-order valence-corrected chi connectivity index (χ4v) is 1.02. The number of hydrogen-bond donors (Lipinski definition) is 2. The summed E-state index contributed by atoms with van der Waals surface area (Å²) in [6.45, 7) is 3.71. The van der Waals surface area contributed by atoms with Crippen LogP contribution < -0.4 is 5.32 Å². The molecular formula is C11H17NO3. The maximum Gasteiger partial charge on any atom is 0.326 e. The summed E-state index contributed by atoms with van der Waals surface area (Å²) in [7, 11) is 0. The number of carboxylic acid groups (broad SMARTS) is 1. The third-order valence-corrected chi connectivity index (χ3v) is 1.74. The maximum absolute atomic E-state index is 11.2. The predicted molar refractivity (Wildman–Crippen MR) is 58.4 cm³/mol. The zero-order chi connectivity index (χ0) is 11.7. The summed E-state index contributed by atoms with van der Waals surface area (Å²) in [5.41, 5.74) is 0. The number of nitrogens with one attached hydrogen (secondary N) is 1. The van der Waals surface area contributed by atoms with Crippen LogP contribution in [0.5, 0.6) is 0 Å². The largest absolute Gasteiger partial charge is 0.480 e. The highest BCUT2D eigenvalue weighted by Crippen LogP contribution is 1.96. The van der Waals surface area contributed by atoms with Gasteiger partial charge >= 0.3 is 5.97 Å². The molecule has 0 bridgehead atoms. The first kappa shape index (κ1) is 13.4. The Hall–Kier alpha value is -1.58. The molecule has 4 heteroatoms. The number of carboxylic acids is 1. The van der Waals surface area contributed by atoms with Crippen molar-refractivity contribution in [3.63, 3.8) is 0 Å². The zero-order valence-corrected chi connectivity index (χ0v) is 9.06. The highest BCUT2D eigenvalue weighted by atomic mass is 16.4. The minimum Gasteiger partial charge on any atom is -0.480 e. The standard InChI is InChI=1S/C11H17NO3/c1-3-5-6-8-10(13)12-9(7-4-2)11(14)15/h3,5-6,8-9H,4,7H2,1-2H3,(H,12,13)(H,14,15)/b5-3?,8-6+/t9-/m1/s1. The molecule has 15 heavy (non-hydrogen) atoms. The molecule has 0 aliphatic rings. The van der Waals surface area contributed by atoms with Gasteiger partial charge < -0.3 is 10.4 Å². The second-order valence-corrected chi connectivity index (χ2v) is 3.07. The van der Waals surface area contributed by atoms with Crippen molar-refractivity contribution in [3.05, 3.63) is 24.3 Å². The van der Waals surface area contributed by atoms with E-state index in [2.05, 4.69) is 5.32 Å². The van der Waals surface area contributed by atoms with E-state index in [0.29, 0.717) is 6.42 Å². The van der Waals surface area contributed by atoms with Crippen LogP contribution >= 0.6 is 0 Å². The third kappa shape index (κ3) is 6.49. The van der Waals surface area contributed by atoms with Crippen LogP contribution in [0.2, 0.25) is 0 Å². The molecule has 0 aliphatic heterocycles. The van der Waals surface area contributed by atoms with Gasteiger partial charge in [0.2, 0.25) is 5.91 Å². The predicted octanol–water partition coefficient (Wildman–Crippen LogP) is 1.49. The van der Waals surface area contributed by atoms with Crippen LogP contribution in [0.1, 0.15) is 26.7 Å². The van der Waals surface area contributed by atoms with Crippen molar-refractivity contribution < 1.29 is 14.7 Å². The summed E-state index contributed by atoms with van der Waals surface area (Å²) < 4.78 is 0. The Morgan fingerprint density at radius 1 is 1.40 bits per heavy atom. The molecule has 0 aliphatic carbocycles.